The Hall–Kier alpha value is 0.310. The van der Waals surface area contributed by atoms with Gasteiger partial charge in [-0.15, -0.1) is 0 Å². The lowest BCUT2D eigenvalue weighted by molar-refractivity contribution is 0.398. The van der Waals surface area contributed by atoms with Crippen molar-refractivity contribution in [2.24, 2.45) is 11.1 Å². The van der Waals surface area contributed by atoms with E-state index in [2.05, 4.69) is 27.7 Å². The van der Waals surface area contributed by atoms with E-state index in [0.29, 0.717) is 10.7 Å². The van der Waals surface area contributed by atoms with Crippen LogP contribution in [0.4, 0.5) is 0 Å². The van der Waals surface area contributed by atoms with E-state index >= 15 is 0 Å². The minimum Gasteiger partial charge on any atom is -0.329 e. The van der Waals surface area contributed by atoms with Crippen LogP contribution in [-0.4, -0.2) is 17.5 Å². The maximum absolute atomic E-state index is 5.75. The summed E-state index contributed by atoms with van der Waals surface area (Å²) in [6, 6.07) is 0. The first-order chi connectivity index (χ1) is 6.02. The fourth-order valence-corrected chi connectivity index (χ4v) is 2.54. The van der Waals surface area contributed by atoms with Gasteiger partial charge in [-0.05, 0) is 17.6 Å². The lowest BCUT2D eigenvalue weighted by Crippen LogP contribution is -2.31. The van der Waals surface area contributed by atoms with Crippen LogP contribution in [0.3, 0.4) is 0 Å². The first-order valence-corrected chi connectivity index (χ1v) is 6.39. The summed E-state index contributed by atoms with van der Waals surface area (Å²) in [5, 5.41) is 0.615. The zero-order valence-corrected chi connectivity index (χ0v) is 10.4. The molecule has 0 aliphatic carbocycles. The monoisotopic (exact) mass is 203 g/mol. The Morgan fingerprint density at radius 2 is 1.85 bits per heavy atom. The Balaban J connectivity index is 3.61. The summed E-state index contributed by atoms with van der Waals surface area (Å²) in [7, 11) is 0. The van der Waals surface area contributed by atoms with Crippen LogP contribution in [0.15, 0.2) is 0 Å². The van der Waals surface area contributed by atoms with Crippen LogP contribution in [0.1, 0.15) is 47.0 Å². The van der Waals surface area contributed by atoms with Crippen LogP contribution in [0, 0.1) is 5.41 Å². The van der Waals surface area contributed by atoms with E-state index in [1.165, 1.54) is 25.0 Å². The Labute approximate surface area is 87.9 Å². The van der Waals surface area contributed by atoms with Crippen molar-refractivity contribution in [1.82, 2.24) is 0 Å². The maximum Gasteiger partial charge on any atom is 0.0218 e. The molecule has 0 rings (SSSR count). The smallest absolute Gasteiger partial charge is 0.0218 e. The summed E-state index contributed by atoms with van der Waals surface area (Å²) < 4.78 is 0. The van der Waals surface area contributed by atoms with Gasteiger partial charge in [-0.3, -0.25) is 0 Å². The fourth-order valence-electron chi connectivity index (χ4n) is 1.25. The van der Waals surface area contributed by atoms with Crippen molar-refractivity contribution in [3.05, 3.63) is 0 Å². The van der Waals surface area contributed by atoms with Crippen LogP contribution < -0.4 is 5.73 Å². The number of nitrogens with two attached hydrogens (primary N) is 1. The maximum atomic E-state index is 5.75. The average molecular weight is 203 g/mol. The van der Waals surface area contributed by atoms with Crippen molar-refractivity contribution >= 4 is 11.8 Å². The molecule has 1 atom stereocenters. The highest BCUT2D eigenvalue weighted by molar-refractivity contribution is 7.99. The molecule has 13 heavy (non-hydrogen) atoms. The van der Waals surface area contributed by atoms with Crippen LogP contribution >= 0.6 is 11.8 Å². The van der Waals surface area contributed by atoms with Crippen molar-refractivity contribution in [1.29, 1.82) is 0 Å². The average Bonchev–Trinajstić information content (AvgIpc) is 2.02. The molecule has 0 fully saturated rings. The van der Waals surface area contributed by atoms with Gasteiger partial charge in [0.05, 0.1) is 0 Å². The number of thioether (sulfide) groups is 1. The summed E-state index contributed by atoms with van der Waals surface area (Å²) >= 11 is 2.04. The van der Waals surface area contributed by atoms with E-state index < -0.39 is 0 Å². The molecule has 0 radical (unpaired) electrons. The SMILES string of the molecule is CCCCCSC(CN)C(C)(C)C. The van der Waals surface area contributed by atoms with Crippen molar-refractivity contribution in [2.45, 2.75) is 52.2 Å². The molecule has 0 aromatic heterocycles. The van der Waals surface area contributed by atoms with Gasteiger partial charge in [0, 0.05) is 11.8 Å². The Kier molecular flexibility index (Phi) is 6.88. The summed E-state index contributed by atoms with van der Waals surface area (Å²) in [6.07, 6.45) is 4.01. The van der Waals surface area contributed by atoms with Gasteiger partial charge in [0.2, 0.25) is 0 Å². The first-order valence-electron chi connectivity index (χ1n) is 5.34. The van der Waals surface area contributed by atoms with Crippen LogP contribution in [0.25, 0.3) is 0 Å². The minimum atomic E-state index is 0.353. The summed E-state index contributed by atoms with van der Waals surface area (Å²) in [5.41, 5.74) is 6.11. The quantitative estimate of drug-likeness (QED) is 0.670. The topological polar surface area (TPSA) is 26.0 Å². The highest BCUT2D eigenvalue weighted by Crippen LogP contribution is 2.30. The normalized spacial score (nSPS) is 14.5. The highest BCUT2D eigenvalue weighted by atomic mass is 32.2. The molecule has 2 N–H and O–H groups in total. The second-order valence-electron chi connectivity index (χ2n) is 4.67. The van der Waals surface area contributed by atoms with Crippen molar-refractivity contribution in [2.75, 3.05) is 12.3 Å². The highest BCUT2D eigenvalue weighted by Gasteiger charge is 2.22. The second kappa shape index (κ2) is 6.72. The third-order valence-corrected chi connectivity index (χ3v) is 4.07. The second-order valence-corrected chi connectivity index (χ2v) is 5.98. The zero-order valence-electron chi connectivity index (χ0n) is 9.60. The van der Waals surface area contributed by atoms with Gasteiger partial charge in [0.1, 0.15) is 0 Å². The molecular weight excluding hydrogens is 178 g/mol. The molecule has 0 aromatic carbocycles. The number of hydrogen-bond acceptors (Lipinski definition) is 2. The van der Waals surface area contributed by atoms with Gasteiger partial charge in [0.15, 0.2) is 0 Å². The molecule has 80 valence electrons. The third-order valence-electron chi connectivity index (χ3n) is 2.25. The molecule has 0 saturated carbocycles. The van der Waals surface area contributed by atoms with E-state index in [9.17, 15) is 0 Å². The van der Waals surface area contributed by atoms with Gasteiger partial charge >= 0.3 is 0 Å². The van der Waals surface area contributed by atoms with Gasteiger partial charge in [0.25, 0.3) is 0 Å². The van der Waals surface area contributed by atoms with E-state index in [1.807, 2.05) is 11.8 Å². The summed E-state index contributed by atoms with van der Waals surface area (Å²) in [4.78, 5) is 0. The van der Waals surface area contributed by atoms with E-state index in [0.717, 1.165) is 6.54 Å². The minimum absolute atomic E-state index is 0.353. The fraction of sp³-hybridized carbons (Fsp3) is 1.00. The van der Waals surface area contributed by atoms with Gasteiger partial charge < -0.3 is 5.73 Å². The van der Waals surface area contributed by atoms with Crippen molar-refractivity contribution in [3.8, 4) is 0 Å². The van der Waals surface area contributed by atoms with Crippen molar-refractivity contribution < 1.29 is 0 Å². The lowest BCUT2D eigenvalue weighted by Gasteiger charge is -2.29. The third kappa shape index (κ3) is 6.39. The van der Waals surface area contributed by atoms with Crippen molar-refractivity contribution in [3.63, 3.8) is 0 Å². The van der Waals surface area contributed by atoms with Crippen LogP contribution in [-0.2, 0) is 0 Å². The molecule has 0 spiro atoms. The van der Waals surface area contributed by atoms with E-state index in [-0.39, 0.29) is 0 Å². The van der Waals surface area contributed by atoms with Crippen LogP contribution in [0.5, 0.6) is 0 Å². The Morgan fingerprint density at radius 3 is 2.23 bits per heavy atom. The van der Waals surface area contributed by atoms with Gasteiger partial charge in [-0.1, -0.05) is 40.5 Å². The number of unbranched alkanes of at least 4 members (excludes halogenated alkanes) is 2. The molecule has 0 aliphatic heterocycles. The molecule has 1 nitrogen and oxygen atoms in total. The van der Waals surface area contributed by atoms with Gasteiger partial charge in [-0.25, -0.2) is 0 Å². The largest absolute Gasteiger partial charge is 0.329 e. The molecule has 0 aliphatic rings. The summed E-state index contributed by atoms with van der Waals surface area (Å²) in [5.74, 6) is 1.27. The van der Waals surface area contributed by atoms with Gasteiger partial charge in [-0.2, -0.15) is 11.8 Å². The number of hydrogen-bond donors (Lipinski definition) is 1. The summed E-state index contributed by atoms with van der Waals surface area (Å²) in [6.45, 7) is 9.88. The number of rotatable bonds is 6. The lowest BCUT2D eigenvalue weighted by atomic mass is 9.92. The molecule has 0 heterocycles. The van der Waals surface area contributed by atoms with E-state index in [4.69, 9.17) is 5.73 Å². The molecule has 0 saturated heterocycles. The molecule has 2 heteroatoms. The Bertz CT molecular complexity index is 118. The predicted octanol–water partition coefficient (Wildman–Crippen LogP) is 3.28. The molecular formula is C11H25NS. The standard InChI is InChI=1S/C11H25NS/c1-5-6-7-8-13-10(9-12)11(2,3)4/h10H,5-9,12H2,1-4H3. The van der Waals surface area contributed by atoms with E-state index in [1.54, 1.807) is 0 Å². The predicted molar refractivity (Wildman–Crippen MR) is 64.3 cm³/mol. The Morgan fingerprint density at radius 1 is 1.23 bits per heavy atom. The molecule has 1 unspecified atom stereocenters. The molecule has 0 amide bonds. The molecule has 0 bridgehead atoms. The van der Waals surface area contributed by atoms with Crippen LogP contribution in [0.2, 0.25) is 0 Å². The first kappa shape index (κ1) is 13.3. The zero-order chi connectivity index (χ0) is 10.3. The molecule has 0 aromatic rings.